The van der Waals surface area contributed by atoms with E-state index in [4.69, 9.17) is 4.74 Å². The molecule has 0 aliphatic carbocycles. The highest BCUT2D eigenvalue weighted by Crippen LogP contribution is 2.36. The van der Waals surface area contributed by atoms with Gasteiger partial charge in [0, 0.05) is 11.4 Å². The first kappa shape index (κ1) is 17.6. The van der Waals surface area contributed by atoms with Crippen LogP contribution >= 0.6 is 11.3 Å². The molecule has 0 unspecified atom stereocenters. The standard InChI is InChI=1S/C21H20FN3O2S/c1-14-2-7-18(28-14)20(26)24-9-8-21(12-24)13-25-17(10-23-19(25)11-27-21)15-3-5-16(22)6-4-15/h2-7,10H,8-9,11-13H2,1H3/t21-/m1/s1. The second-order valence-corrected chi connectivity index (χ2v) is 8.80. The number of likely N-dealkylation sites (tertiary alicyclic amines) is 1. The van der Waals surface area contributed by atoms with Crippen LogP contribution in [0.4, 0.5) is 4.39 Å². The lowest BCUT2D eigenvalue weighted by atomic mass is 10.0. The summed E-state index contributed by atoms with van der Waals surface area (Å²) in [5.74, 6) is 0.688. The molecular weight excluding hydrogens is 377 g/mol. The Bertz CT molecular complexity index is 1040. The average Bonchev–Trinajstić information content (AvgIpc) is 3.41. The van der Waals surface area contributed by atoms with Gasteiger partial charge >= 0.3 is 0 Å². The molecule has 2 aliphatic heterocycles. The lowest BCUT2D eigenvalue weighted by Gasteiger charge is -2.35. The number of hydrogen-bond acceptors (Lipinski definition) is 4. The molecular formula is C21H20FN3O2S. The van der Waals surface area contributed by atoms with Gasteiger partial charge < -0.3 is 14.2 Å². The molecule has 0 radical (unpaired) electrons. The van der Waals surface area contributed by atoms with E-state index in [9.17, 15) is 9.18 Å². The van der Waals surface area contributed by atoms with Crippen LogP contribution in [0.1, 0.15) is 26.8 Å². The van der Waals surface area contributed by atoms with E-state index < -0.39 is 5.60 Å². The zero-order valence-electron chi connectivity index (χ0n) is 15.5. The Hall–Kier alpha value is -2.51. The molecule has 7 heteroatoms. The Morgan fingerprint density at radius 3 is 2.79 bits per heavy atom. The van der Waals surface area contributed by atoms with Crippen LogP contribution in [0.3, 0.4) is 0 Å². The van der Waals surface area contributed by atoms with Gasteiger partial charge in [-0.05, 0) is 55.3 Å². The third kappa shape index (κ3) is 2.95. The molecule has 1 fully saturated rings. The average molecular weight is 397 g/mol. The van der Waals surface area contributed by atoms with Crippen molar-refractivity contribution < 1.29 is 13.9 Å². The summed E-state index contributed by atoms with van der Waals surface area (Å²) < 4.78 is 21.7. The number of ether oxygens (including phenoxy) is 1. The number of benzene rings is 1. The van der Waals surface area contributed by atoms with Crippen LogP contribution in [-0.2, 0) is 17.9 Å². The summed E-state index contributed by atoms with van der Waals surface area (Å²) in [4.78, 5) is 21.1. The maximum absolute atomic E-state index is 13.3. The first-order chi connectivity index (χ1) is 13.5. The van der Waals surface area contributed by atoms with Crippen molar-refractivity contribution in [2.24, 2.45) is 0 Å². The molecule has 5 rings (SSSR count). The Morgan fingerprint density at radius 1 is 1.21 bits per heavy atom. The molecule has 1 aromatic carbocycles. The maximum atomic E-state index is 13.3. The van der Waals surface area contributed by atoms with Crippen molar-refractivity contribution in [1.29, 1.82) is 0 Å². The van der Waals surface area contributed by atoms with Crippen LogP contribution in [0, 0.1) is 12.7 Å². The number of fused-ring (bicyclic) bond motifs is 1. The van der Waals surface area contributed by atoms with Gasteiger partial charge in [-0.3, -0.25) is 4.79 Å². The molecule has 28 heavy (non-hydrogen) atoms. The fourth-order valence-electron chi connectivity index (χ4n) is 4.08. The predicted octanol–water partition coefficient (Wildman–Crippen LogP) is 3.87. The number of aryl methyl sites for hydroxylation is 1. The highest BCUT2D eigenvalue weighted by molar-refractivity contribution is 7.13. The highest BCUT2D eigenvalue weighted by atomic mass is 32.1. The van der Waals surface area contributed by atoms with Crippen molar-refractivity contribution in [1.82, 2.24) is 14.5 Å². The molecule has 1 amide bonds. The second-order valence-electron chi connectivity index (χ2n) is 7.51. The van der Waals surface area contributed by atoms with E-state index in [1.807, 2.05) is 30.2 Å². The number of nitrogens with zero attached hydrogens (tertiary/aromatic N) is 3. The second kappa shape index (κ2) is 6.53. The van der Waals surface area contributed by atoms with Crippen LogP contribution in [-0.4, -0.2) is 39.0 Å². The van der Waals surface area contributed by atoms with E-state index in [0.717, 1.165) is 33.3 Å². The molecule has 1 atom stereocenters. The number of thiophene rings is 1. The molecule has 5 nitrogen and oxygen atoms in total. The van der Waals surface area contributed by atoms with E-state index >= 15 is 0 Å². The van der Waals surface area contributed by atoms with Crippen LogP contribution in [0.2, 0.25) is 0 Å². The Labute approximate surface area is 166 Å². The minimum absolute atomic E-state index is 0.0776. The van der Waals surface area contributed by atoms with Crippen molar-refractivity contribution in [2.45, 2.75) is 32.1 Å². The van der Waals surface area contributed by atoms with Gasteiger partial charge in [-0.2, -0.15) is 0 Å². The fraction of sp³-hybridized carbons (Fsp3) is 0.333. The summed E-state index contributed by atoms with van der Waals surface area (Å²) in [5, 5.41) is 0. The van der Waals surface area contributed by atoms with Crippen LogP contribution in [0.15, 0.2) is 42.6 Å². The normalized spacial score (nSPS) is 21.3. The number of rotatable bonds is 2. The molecule has 1 spiro atoms. The van der Waals surface area contributed by atoms with Gasteiger partial charge in [-0.25, -0.2) is 9.37 Å². The number of carbonyl (C=O) groups excluding carboxylic acids is 1. The van der Waals surface area contributed by atoms with Crippen molar-refractivity contribution in [2.75, 3.05) is 13.1 Å². The van der Waals surface area contributed by atoms with Crippen LogP contribution in [0.5, 0.6) is 0 Å². The minimum atomic E-state index is -0.398. The Balaban J connectivity index is 1.39. The van der Waals surface area contributed by atoms with Gasteiger partial charge in [0.25, 0.3) is 5.91 Å². The van der Waals surface area contributed by atoms with Gasteiger partial charge in [-0.15, -0.1) is 11.3 Å². The molecule has 0 bridgehead atoms. The van der Waals surface area contributed by atoms with Gasteiger partial charge in [0.2, 0.25) is 0 Å². The molecule has 4 heterocycles. The smallest absolute Gasteiger partial charge is 0.264 e. The van der Waals surface area contributed by atoms with Gasteiger partial charge in [0.05, 0.1) is 29.9 Å². The molecule has 3 aromatic rings. The van der Waals surface area contributed by atoms with Crippen molar-refractivity contribution in [3.05, 3.63) is 64.0 Å². The summed E-state index contributed by atoms with van der Waals surface area (Å²) in [6.45, 7) is 4.33. The summed E-state index contributed by atoms with van der Waals surface area (Å²) in [7, 11) is 0. The highest BCUT2D eigenvalue weighted by Gasteiger charge is 2.44. The zero-order valence-corrected chi connectivity index (χ0v) is 16.3. The number of imidazole rings is 1. The maximum Gasteiger partial charge on any atom is 0.264 e. The van der Waals surface area contributed by atoms with Gasteiger partial charge in [0.15, 0.2) is 0 Å². The fourth-order valence-corrected chi connectivity index (χ4v) is 4.91. The van der Waals surface area contributed by atoms with Gasteiger partial charge in [-0.1, -0.05) is 0 Å². The van der Waals surface area contributed by atoms with Crippen LogP contribution in [0.25, 0.3) is 11.3 Å². The third-order valence-electron chi connectivity index (χ3n) is 5.59. The monoisotopic (exact) mass is 397 g/mol. The minimum Gasteiger partial charge on any atom is -0.363 e. The largest absolute Gasteiger partial charge is 0.363 e. The van der Waals surface area contributed by atoms with E-state index in [-0.39, 0.29) is 11.7 Å². The predicted molar refractivity (Wildman–Crippen MR) is 105 cm³/mol. The molecule has 2 aliphatic rings. The third-order valence-corrected chi connectivity index (χ3v) is 6.58. The number of hydrogen-bond donors (Lipinski definition) is 0. The first-order valence-electron chi connectivity index (χ1n) is 9.33. The number of aromatic nitrogens is 2. The quantitative estimate of drug-likeness (QED) is 0.659. The van der Waals surface area contributed by atoms with Crippen molar-refractivity contribution >= 4 is 17.2 Å². The van der Waals surface area contributed by atoms with Gasteiger partial charge in [0.1, 0.15) is 23.8 Å². The SMILES string of the molecule is Cc1ccc(C(=O)N2CC[C@@]3(C2)Cn2c(-c4ccc(F)cc4)cnc2CO3)s1. The van der Waals surface area contributed by atoms with E-state index in [0.29, 0.717) is 26.2 Å². The molecule has 0 saturated carbocycles. The topological polar surface area (TPSA) is 47.4 Å². The summed E-state index contributed by atoms with van der Waals surface area (Å²) >= 11 is 1.53. The summed E-state index contributed by atoms with van der Waals surface area (Å²) in [6, 6.07) is 10.3. The van der Waals surface area contributed by atoms with Crippen molar-refractivity contribution in [3.63, 3.8) is 0 Å². The Morgan fingerprint density at radius 2 is 2.04 bits per heavy atom. The summed E-state index contributed by atoms with van der Waals surface area (Å²) in [5.41, 5.74) is 1.48. The van der Waals surface area contributed by atoms with Crippen LogP contribution < -0.4 is 0 Å². The van der Waals surface area contributed by atoms with E-state index in [1.54, 1.807) is 12.1 Å². The lowest BCUT2D eigenvalue weighted by Crippen LogP contribution is -2.45. The molecule has 2 aromatic heterocycles. The molecule has 1 saturated heterocycles. The van der Waals surface area contributed by atoms with Crippen molar-refractivity contribution in [3.8, 4) is 11.3 Å². The zero-order chi connectivity index (χ0) is 19.3. The molecule has 144 valence electrons. The number of carbonyl (C=O) groups is 1. The van der Waals surface area contributed by atoms with E-state index in [1.165, 1.54) is 23.5 Å². The molecule has 0 N–H and O–H groups in total. The lowest BCUT2D eigenvalue weighted by molar-refractivity contribution is -0.0804. The number of amides is 1. The van der Waals surface area contributed by atoms with E-state index in [2.05, 4.69) is 9.55 Å². The number of halogens is 1. The summed E-state index contributed by atoms with van der Waals surface area (Å²) in [6.07, 6.45) is 2.61. The first-order valence-corrected chi connectivity index (χ1v) is 10.1. The Kier molecular flexibility index (Phi) is 4.10.